The van der Waals surface area contributed by atoms with Gasteiger partial charge in [0.25, 0.3) is 16.1 Å². The number of carbonyl (C=O) groups is 3. The summed E-state index contributed by atoms with van der Waals surface area (Å²) in [7, 11) is -3.54. The minimum absolute atomic E-state index is 0.201. The zero-order valence-electron chi connectivity index (χ0n) is 18.8. The first kappa shape index (κ1) is 23.9. The number of hydrogen-bond acceptors (Lipinski definition) is 5. The second-order valence-corrected chi connectivity index (χ2v) is 10.6. The second kappa shape index (κ2) is 9.41. The van der Waals surface area contributed by atoms with Gasteiger partial charge in [-0.25, -0.2) is 4.79 Å². The summed E-state index contributed by atoms with van der Waals surface area (Å²) in [6, 6.07) is -0.504. The van der Waals surface area contributed by atoms with Gasteiger partial charge in [-0.3, -0.25) is 14.5 Å². The van der Waals surface area contributed by atoms with Crippen LogP contribution in [0.3, 0.4) is 0 Å². The average Bonchev–Trinajstić information content (AvgIpc) is 2.99. The predicted octanol–water partition coefficient (Wildman–Crippen LogP) is 0.608. The molecule has 1 N–H and O–H groups in total. The van der Waals surface area contributed by atoms with Crippen molar-refractivity contribution in [2.24, 2.45) is 5.92 Å². The molecule has 1 spiro atoms. The molecule has 0 unspecified atom stereocenters. The van der Waals surface area contributed by atoms with E-state index >= 15 is 0 Å². The van der Waals surface area contributed by atoms with Gasteiger partial charge in [-0.15, -0.1) is 0 Å². The number of hydrogen-bond donors (Lipinski definition) is 1. The fourth-order valence-corrected chi connectivity index (χ4v) is 6.46. The van der Waals surface area contributed by atoms with Crippen LogP contribution in [0.1, 0.15) is 52.9 Å². The maximum atomic E-state index is 13.0. The summed E-state index contributed by atoms with van der Waals surface area (Å²) in [6.07, 6.45) is 4.09. The van der Waals surface area contributed by atoms with Gasteiger partial charge in [-0.1, -0.05) is 27.2 Å². The largest absolute Gasteiger partial charge is 0.338 e. The summed E-state index contributed by atoms with van der Waals surface area (Å²) in [4.78, 5) is 40.9. The highest BCUT2D eigenvalue weighted by molar-refractivity contribution is 7.86. The molecular weight excluding hydrogens is 422 g/mol. The van der Waals surface area contributed by atoms with Crippen LogP contribution < -0.4 is 5.32 Å². The number of nitrogens with zero attached hydrogens (tertiary/aromatic N) is 4. The van der Waals surface area contributed by atoms with Crippen LogP contribution in [0.5, 0.6) is 0 Å². The van der Waals surface area contributed by atoms with Crippen molar-refractivity contribution in [1.82, 2.24) is 23.7 Å². The zero-order valence-corrected chi connectivity index (χ0v) is 19.6. The first-order valence-corrected chi connectivity index (χ1v) is 12.7. The molecule has 10 nitrogen and oxygen atoms in total. The molecule has 0 aromatic heterocycles. The van der Waals surface area contributed by atoms with Crippen molar-refractivity contribution in [3.8, 4) is 0 Å². The third-order valence-electron chi connectivity index (χ3n) is 7.02. The number of carbonyl (C=O) groups excluding carboxylic acids is 3. The Kier molecular flexibility index (Phi) is 7.27. The molecule has 4 amide bonds. The van der Waals surface area contributed by atoms with Gasteiger partial charge in [-0.2, -0.15) is 17.0 Å². The molecule has 0 bridgehead atoms. The zero-order chi connectivity index (χ0) is 22.8. The van der Waals surface area contributed by atoms with E-state index in [1.165, 1.54) is 13.5 Å². The van der Waals surface area contributed by atoms with Gasteiger partial charge in [-0.05, 0) is 31.6 Å². The van der Waals surface area contributed by atoms with Crippen molar-refractivity contribution in [1.29, 1.82) is 0 Å². The fourth-order valence-electron chi connectivity index (χ4n) is 4.85. The second-order valence-electron chi connectivity index (χ2n) is 8.63. The van der Waals surface area contributed by atoms with Gasteiger partial charge in [0.2, 0.25) is 5.91 Å². The molecule has 3 aliphatic rings. The molecule has 31 heavy (non-hydrogen) atoms. The summed E-state index contributed by atoms with van der Waals surface area (Å²) < 4.78 is 28.1. The van der Waals surface area contributed by atoms with Crippen LogP contribution in [0.2, 0.25) is 0 Å². The highest BCUT2D eigenvalue weighted by Crippen LogP contribution is 2.37. The van der Waals surface area contributed by atoms with Crippen LogP contribution in [-0.4, -0.2) is 96.0 Å². The van der Waals surface area contributed by atoms with Gasteiger partial charge < -0.3 is 10.2 Å². The van der Waals surface area contributed by atoms with Crippen molar-refractivity contribution in [3.63, 3.8) is 0 Å². The van der Waals surface area contributed by atoms with Crippen molar-refractivity contribution in [3.05, 3.63) is 0 Å². The Labute approximate surface area is 185 Å². The average molecular weight is 458 g/mol. The van der Waals surface area contributed by atoms with Crippen LogP contribution in [0.4, 0.5) is 4.79 Å². The van der Waals surface area contributed by atoms with Crippen molar-refractivity contribution in [2.75, 3.05) is 45.8 Å². The Morgan fingerprint density at radius 1 is 1.06 bits per heavy atom. The van der Waals surface area contributed by atoms with Crippen LogP contribution in [0.15, 0.2) is 0 Å². The fraction of sp³-hybridized carbons (Fsp3) is 0.850. The van der Waals surface area contributed by atoms with Gasteiger partial charge in [0.05, 0.1) is 0 Å². The predicted molar refractivity (Wildman–Crippen MR) is 115 cm³/mol. The summed E-state index contributed by atoms with van der Waals surface area (Å²) in [5, 5.41) is 2.85. The van der Waals surface area contributed by atoms with Crippen molar-refractivity contribution in [2.45, 2.75) is 58.4 Å². The Morgan fingerprint density at radius 3 is 2.16 bits per heavy atom. The maximum absolute atomic E-state index is 13.0. The van der Waals surface area contributed by atoms with Gasteiger partial charge in [0, 0.05) is 39.3 Å². The molecule has 2 aliphatic heterocycles. The first-order chi connectivity index (χ1) is 14.7. The van der Waals surface area contributed by atoms with E-state index in [-0.39, 0.29) is 44.5 Å². The molecule has 11 heteroatoms. The highest BCUT2D eigenvalue weighted by atomic mass is 32.2. The van der Waals surface area contributed by atoms with E-state index in [4.69, 9.17) is 0 Å². The normalized spacial score (nSPS) is 27.9. The molecule has 0 atom stereocenters. The SMILES string of the molecule is CCC1CCC2(CC1)NC(=O)N(CC(=O)N1CCN(S(=O)(=O)N(CC)CC)CC1)C2=O. The summed E-state index contributed by atoms with van der Waals surface area (Å²) in [6.45, 7) is 7.09. The summed E-state index contributed by atoms with van der Waals surface area (Å²) in [5.74, 6) is -0.0549. The summed E-state index contributed by atoms with van der Waals surface area (Å²) in [5.41, 5.74) is -0.862. The Balaban J connectivity index is 1.57. The molecule has 0 aromatic rings. The number of imide groups is 1. The van der Waals surface area contributed by atoms with Gasteiger partial charge in [0.15, 0.2) is 0 Å². The number of amides is 4. The number of nitrogens with one attached hydrogen (secondary N) is 1. The molecule has 1 saturated carbocycles. The molecule has 0 aromatic carbocycles. The van der Waals surface area contributed by atoms with Crippen LogP contribution in [-0.2, 0) is 19.8 Å². The molecule has 3 fully saturated rings. The number of piperazine rings is 1. The van der Waals surface area contributed by atoms with Crippen LogP contribution >= 0.6 is 0 Å². The van der Waals surface area contributed by atoms with E-state index in [1.807, 2.05) is 0 Å². The monoisotopic (exact) mass is 457 g/mol. The van der Waals surface area contributed by atoms with Gasteiger partial charge >= 0.3 is 6.03 Å². The molecule has 3 rings (SSSR count). The lowest BCUT2D eigenvalue weighted by atomic mass is 9.75. The Morgan fingerprint density at radius 2 is 1.65 bits per heavy atom. The summed E-state index contributed by atoms with van der Waals surface area (Å²) >= 11 is 0. The molecule has 0 radical (unpaired) electrons. The molecule has 1 aliphatic carbocycles. The first-order valence-electron chi connectivity index (χ1n) is 11.4. The van der Waals surface area contributed by atoms with Crippen LogP contribution in [0.25, 0.3) is 0 Å². The third kappa shape index (κ3) is 4.58. The third-order valence-corrected chi connectivity index (χ3v) is 9.21. The standard InChI is InChI=1S/C20H35N5O5S/c1-4-16-7-9-20(10-8-16)18(27)25(19(28)21-20)15-17(26)22-11-13-24(14-12-22)31(29,30)23(5-2)6-3/h16H,4-15H2,1-3H3,(H,21,28). The molecule has 2 heterocycles. The van der Waals surface area contributed by atoms with E-state index in [0.29, 0.717) is 31.8 Å². The molecule has 2 saturated heterocycles. The topological polar surface area (TPSA) is 110 Å². The highest BCUT2D eigenvalue weighted by Gasteiger charge is 2.52. The van der Waals surface area contributed by atoms with Gasteiger partial charge in [0.1, 0.15) is 12.1 Å². The van der Waals surface area contributed by atoms with E-state index < -0.39 is 21.8 Å². The molecular formula is C20H35N5O5S. The Bertz CT molecular complexity index is 797. The maximum Gasteiger partial charge on any atom is 0.325 e. The number of urea groups is 1. The van der Waals surface area contributed by atoms with Crippen LogP contribution in [0, 0.1) is 5.92 Å². The lowest BCUT2D eigenvalue weighted by molar-refractivity contribution is -0.140. The molecule has 176 valence electrons. The quantitative estimate of drug-likeness (QED) is 0.563. The van der Waals surface area contributed by atoms with Crippen molar-refractivity contribution >= 4 is 28.1 Å². The van der Waals surface area contributed by atoms with E-state index in [9.17, 15) is 22.8 Å². The Hall–Kier alpha value is -1.72. The number of rotatable bonds is 7. The smallest absolute Gasteiger partial charge is 0.325 e. The van der Waals surface area contributed by atoms with E-state index in [0.717, 1.165) is 24.2 Å². The lowest BCUT2D eigenvalue weighted by Gasteiger charge is -2.37. The van der Waals surface area contributed by atoms with Crippen molar-refractivity contribution < 1.29 is 22.8 Å². The van der Waals surface area contributed by atoms with E-state index in [1.54, 1.807) is 13.8 Å². The minimum Gasteiger partial charge on any atom is -0.338 e. The lowest BCUT2D eigenvalue weighted by Crippen LogP contribution is -2.56. The van der Waals surface area contributed by atoms with E-state index in [2.05, 4.69) is 12.2 Å². The minimum atomic E-state index is -3.54.